The highest BCUT2D eigenvalue weighted by Crippen LogP contribution is 2.20. The maximum Gasteiger partial charge on any atom is 0.200 e. The summed E-state index contributed by atoms with van der Waals surface area (Å²) in [5, 5.41) is 8.72. The number of ketones is 1. The SMILES string of the molecule is Cc1cccc(OCC(=O)c2ccc(C#N)cc2)c1C. The number of aryl methyl sites for hydroxylation is 1. The molecular weight excluding hydrogens is 250 g/mol. The summed E-state index contributed by atoms with van der Waals surface area (Å²) < 4.78 is 5.58. The van der Waals surface area contributed by atoms with Crippen molar-refractivity contribution in [3.8, 4) is 11.8 Å². The summed E-state index contributed by atoms with van der Waals surface area (Å²) in [5.74, 6) is 0.627. The van der Waals surface area contributed by atoms with Gasteiger partial charge in [0.25, 0.3) is 0 Å². The Bertz CT molecular complexity index is 666. The summed E-state index contributed by atoms with van der Waals surface area (Å²) in [6.07, 6.45) is 0. The first-order chi connectivity index (χ1) is 9.61. The van der Waals surface area contributed by atoms with Gasteiger partial charge in [0, 0.05) is 5.56 Å². The molecule has 0 amide bonds. The van der Waals surface area contributed by atoms with Crippen LogP contribution in [0.4, 0.5) is 0 Å². The average molecular weight is 265 g/mol. The number of hydrogen-bond donors (Lipinski definition) is 0. The van der Waals surface area contributed by atoms with Gasteiger partial charge in [-0.1, -0.05) is 12.1 Å². The van der Waals surface area contributed by atoms with Gasteiger partial charge >= 0.3 is 0 Å². The van der Waals surface area contributed by atoms with Gasteiger partial charge in [0.1, 0.15) is 5.75 Å². The van der Waals surface area contributed by atoms with Gasteiger partial charge in [-0.2, -0.15) is 5.26 Å². The molecule has 2 aromatic carbocycles. The Balaban J connectivity index is 2.05. The first-order valence-corrected chi connectivity index (χ1v) is 6.34. The zero-order valence-electron chi connectivity index (χ0n) is 11.5. The van der Waals surface area contributed by atoms with Crippen LogP contribution in [0.15, 0.2) is 42.5 Å². The molecule has 0 spiro atoms. The number of carbonyl (C=O) groups excluding carboxylic acids is 1. The second kappa shape index (κ2) is 6.03. The zero-order valence-corrected chi connectivity index (χ0v) is 11.5. The lowest BCUT2D eigenvalue weighted by molar-refractivity contribution is 0.0921. The fourth-order valence-electron chi connectivity index (χ4n) is 1.84. The number of ether oxygens (including phenoxy) is 1. The van der Waals surface area contributed by atoms with Crippen LogP contribution in [0, 0.1) is 25.2 Å². The second-order valence-corrected chi connectivity index (χ2v) is 4.60. The molecule has 3 nitrogen and oxygen atoms in total. The van der Waals surface area contributed by atoms with Crippen LogP contribution in [-0.2, 0) is 0 Å². The summed E-state index contributed by atoms with van der Waals surface area (Å²) >= 11 is 0. The summed E-state index contributed by atoms with van der Waals surface area (Å²) in [6, 6.07) is 14.3. The van der Waals surface area contributed by atoms with Gasteiger partial charge in [0.15, 0.2) is 12.4 Å². The molecule has 3 heteroatoms. The molecule has 2 aromatic rings. The highest BCUT2D eigenvalue weighted by molar-refractivity contribution is 5.97. The van der Waals surface area contributed by atoms with Gasteiger partial charge in [-0.15, -0.1) is 0 Å². The van der Waals surface area contributed by atoms with Gasteiger partial charge in [0.05, 0.1) is 11.6 Å². The number of carbonyl (C=O) groups is 1. The monoisotopic (exact) mass is 265 g/mol. The average Bonchev–Trinajstić information content (AvgIpc) is 2.48. The number of rotatable bonds is 4. The third-order valence-corrected chi connectivity index (χ3v) is 3.25. The van der Waals surface area contributed by atoms with Gasteiger partial charge in [-0.25, -0.2) is 0 Å². The number of hydrogen-bond acceptors (Lipinski definition) is 3. The lowest BCUT2D eigenvalue weighted by Crippen LogP contribution is -2.12. The van der Waals surface area contributed by atoms with Crippen LogP contribution in [0.2, 0.25) is 0 Å². The molecule has 0 aliphatic carbocycles. The molecule has 0 atom stereocenters. The van der Waals surface area contributed by atoms with Crippen LogP contribution in [0.1, 0.15) is 27.0 Å². The fourth-order valence-corrected chi connectivity index (χ4v) is 1.84. The van der Waals surface area contributed by atoms with E-state index >= 15 is 0 Å². The van der Waals surface area contributed by atoms with Crippen LogP contribution in [-0.4, -0.2) is 12.4 Å². The molecule has 0 aromatic heterocycles. The molecule has 2 rings (SSSR count). The molecule has 0 heterocycles. The highest BCUT2D eigenvalue weighted by Gasteiger charge is 2.08. The maximum absolute atomic E-state index is 12.0. The number of Topliss-reactive ketones (excluding diaryl/α,β-unsaturated/α-hetero) is 1. The summed E-state index contributed by atoms with van der Waals surface area (Å²) in [7, 11) is 0. The third-order valence-electron chi connectivity index (χ3n) is 3.25. The third kappa shape index (κ3) is 3.04. The predicted molar refractivity (Wildman–Crippen MR) is 76.9 cm³/mol. The van der Waals surface area contributed by atoms with Crippen LogP contribution >= 0.6 is 0 Å². The van der Waals surface area contributed by atoms with Crippen LogP contribution < -0.4 is 4.74 Å². The predicted octanol–water partition coefficient (Wildman–Crippen LogP) is 3.44. The van der Waals surface area contributed by atoms with Gasteiger partial charge in [-0.05, 0) is 55.3 Å². The quantitative estimate of drug-likeness (QED) is 0.796. The van der Waals surface area contributed by atoms with Crippen molar-refractivity contribution in [2.75, 3.05) is 6.61 Å². The summed E-state index contributed by atoms with van der Waals surface area (Å²) in [6.45, 7) is 3.97. The van der Waals surface area contributed by atoms with E-state index in [0.717, 1.165) is 16.9 Å². The van der Waals surface area contributed by atoms with Crippen molar-refractivity contribution < 1.29 is 9.53 Å². The molecule has 0 radical (unpaired) electrons. The van der Waals surface area contributed by atoms with Crippen molar-refractivity contribution in [1.82, 2.24) is 0 Å². The number of nitrogens with zero attached hydrogens (tertiary/aromatic N) is 1. The number of benzene rings is 2. The van der Waals surface area contributed by atoms with Crippen molar-refractivity contribution in [1.29, 1.82) is 5.26 Å². The molecule has 0 bridgehead atoms. The maximum atomic E-state index is 12.0. The number of nitriles is 1. The van der Waals surface area contributed by atoms with Crippen molar-refractivity contribution in [2.24, 2.45) is 0 Å². The summed E-state index contributed by atoms with van der Waals surface area (Å²) in [4.78, 5) is 12.0. The minimum atomic E-state index is -0.101. The first-order valence-electron chi connectivity index (χ1n) is 6.34. The van der Waals surface area contributed by atoms with Crippen LogP contribution in [0.25, 0.3) is 0 Å². The molecule has 0 aliphatic heterocycles. The van der Waals surface area contributed by atoms with E-state index in [1.54, 1.807) is 24.3 Å². The molecule has 0 aliphatic rings. The molecule has 0 N–H and O–H groups in total. The van der Waals surface area contributed by atoms with E-state index in [4.69, 9.17) is 10.00 Å². The Morgan fingerprint density at radius 1 is 1.15 bits per heavy atom. The minimum absolute atomic E-state index is 0.00378. The van der Waals surface area contributed by atoms with Crippen molar-refractivity contribution in [3.63, 3.8) is 0 Å². The van der Waals surface area contributed by atoms with E-state index in [9.17, 15) is 4.79 Å². The van der Waals surface area contributed by atoms with Crippen LogP contribution in [0.5, 0.6) is 5.75 Å². The Hall–Kier alpha value is -2.60. The van der Waals surface area contributed by atoms with E-state index in [1.165, 1.54) is 0 Å². The molecule has 20 heavy (non-hydrogen) atoms. The smallest absolute Gasteiger partial charge is 0.200 e. The van der Waals surface area contributed by atoms with Gasteiger partial charge in [0.2, 0.25) is 0 Å². The zero-order chi connectivity index (χ0) is 14.5. The van der Waals surface area contributed by atoms with Crippen molar-refractivity contribution in [3.05, 3.63) is 64.7 Å². The molecule has 0 saturated carbocycles. The minimum Gasteiger partial charge on any atom is -0.485 e. The summed E-state index contributed by atoms with van der Waals surface area (Å²) in [5.41, 5.74) is 3.26. The lowest BCUT2D eigenvalue weighted by Gasteiger charge is -2.10. The molecule has 0 fully saturated rings. The Kier molecular flexibility index (Phi) is 4.17. The highest BCUT2D eigenvalue weighted by atomic mass is 16.5. The van der Waals surface area contributed by atoms with E-state index in [-0.39, 0.29) is 12.4 Å². The standard InChI is InChI=1S/C17H15NO2/c1-12-4-3-5-17(13(12)2)20-11-16(19)15-8-6-14(10-18)7-9-15/h3-9H,11H2,1-2H3. The topological polar surface area (TPSA) is 50.1 Å². The largest absolute Gasteiger partial charge is 0.485 e. The van der Waals surface area contributed by atoms with E-state index < -0.39 is 0 Å². The fraction of sp³-hybridized carbons (Fsp3) is 0.176. The second-order valence-electron chi connectivity index (χ2n) is 4.60. The Morgan fingerprint density at radius 3 is 2.50 bits per heavy atom. The van der Waals surface area contributed by atoms with Crippen LogP contribution in [0.3, 0.4) is 0 Å². The van der Waals surface area contributed by atoms with Crippen molar-refractivity contribution >= 4 is 5.78 Å². The van der Waals surface area contributed by atoms with Gasteiger partial charge in [-0.3, -0.25) is 4.79 Å². The Labute approximate surface area is 118 Å². The normalized spacial score (nSPS) is 9.85. The molecule has 0 saturated heterocycles. The van der Waals surface area contributed by atoms with Crippen molar-refractivity contribution in [2.45, 2.75) is 13.8 Å². The van der Waals surface area contributed by atoms with E-state index in [1.807, 2.05) is 38.1 Å². The molecule has 0 unspecified atom stereocenters. The van der Waals surface area contributed by atoms with E-state index in [2.05, 4.69) is 0 Å². The molecule has 100 valence electrons. The van der Waals surface area contributed by atoms with E-state index in [0.29, 0.717) is 11.1 Å². The van der Waals surface area contributed by atoms with Gasteiger partial charge < -0.3 is 4.74 Å². The first kappa shape index (κ1) is 13.8. The lowest BCUT2D eigenvalue weighted by atomic mass is 10.1. The molecular formula is C17H15NO2. The Morgan fingerprint density at radius 2 is 1.85 bits per heavy atom.